The maximum absolute atomic E-state index is 13.1. The molecular weight excluding hydrogens is 454 g/mol. The number of nitrogens with zero attached hydrogens (tertiary/aromatic N) is 1. The second-order valence-corrected chi connectivity index (χ2v) is 10.6. The number of nitrogens with one attached hydrogen (secondary N) is 2. The van der Waals surface area contributed by atoms with E-state index in [9.17, 15) is 21.6 Å². The lowest BCUT2D eigenvalue weighted by Gasteiger charge is -2.21. The molecule has 0 aromatic heterocycles. The molecule has 2 N–H and O–H groups in total. The molecule has 2 aromatic carbocycles. The molecule has 0 aliphatic heterocycles. The summed E-state index contributed by atoms with van der Waals surface area (Å²) < 4.78 is 58.9. The van der Waals surface area contributed by atoms with E-state index in [1.807, 2.05) is 0 Å². The number of carbonyl (C=O) groups is 1. The summed E-state index contributed by atoms with van der Waals surface area (Å²) in [4.78, 5) is 12.7. The molecule has 32 heavy (non-hydrogen) atoms. The van der Waals surface area contributed by atoms with Crippen molar-refractivity contribution in [2.24, 2.45) is 0 Å². The van der Waals surface area contributed by atoms with Crippen LogP contribution in [0, 0.1) is 0 Å². The van der Waals surface area contributed by atoms with Gasteiger partial charge in [-0.2, -0.15) is 4.31 Å². The molecule has 2 rings (SSSR count). The molecule has 0 fully saturated rings. The van der Waals surface area contributed by atoms with Gasteiger partial charge in [0.05, 0.1) is 12.4 Å². The summed E-state index contributed by atoms with van der Waals surface area (Å²) in [5.74, 6) is -0.411. The van der Waals surface area contributed by atoms with Crippen LogP contribution in [0.15, 0.2) is 47.4 Å². The third kappa shape index (κ3) is 6.21. The topological polar surface area (TPSA) is 122 Å². The van der Waals surface area contributed by atoms with E-state index >= 15 is 0 Å². The molecule has 0 saturated carbocycles. The normalized spacial score (nSPS) is 11.9. The number of rotatable bonds is 11. The number of amides is 1. The summed E-state index contributed by atoms with van der Waals surface area (Å²) in [6, 6.07) is 10.4. The molecule has 11 heteroatoms. The summed E-state index contributed by atoms with van der Waals surface area (Å²) in [6.45, 7) is 7.62. The second-order valence-electron chi connectivity index (χ2n) is 6.72. The first-order valence-electron chi connectivity index (χ1n) is 10.3. The first-order valence-corrected chi connectivity index (χ1v) is 13.4. The Morgan fingerprint density at radius 1 is 0.938 bits per heavy atom. The maximum atomic E-state index is 13.1. The van der Waals surface area contributed by atoms with Crippen molar-refractivity contribution in [1.82, 2.24) is 4.31 Å². The van der Waals surface area contributed by atoms with Crippen molar-refractivity contribution < 1.29 is 26.4 Å². The fourth-order valence-electron chi connectivity index (χ4n) is 2.94. The van der Waals surface area contributed by atoms with E-state index in [4.69, 9.17) is 4.74 Å². The van der Waals surface area contributed by atoms with Gasteiger partial charge in [0.2, 0.25) is 20.0 Å². The van der Waals surface area contributed by atoms with Gasteiger partial charge < -0.3 is 10.1 Å². The summed E-state index contributed by atoms with van der Waals surface area (Å²) in [6.07, 6.45) is 0. The minimum absolute atomic E-state index is 0.0368. The van der Waals surface area contributed by atoms with Crippen molar-refractivity contribution in [3.05, 3.63) is 48.0 Å². The lowest BCUT2D eigenvalue weighted by atomic mass is 10.2. The fourth-order valence-corrected chi connectivity index (χ4v) is 5.19. The van der Waals surface area contributed by atoms with Crippen LogP contribution in [0.4, 0.5) is 11.4 Å². The van der Waals surface area contributed by atoms with E-state index in [0.717, 1.165) is 0 Å². The Morgan fingerprint density at radius 2 is 1.62 bits per heavy atom. The molecule has 9 nitrogen and oxygen atoms in total. The highest BCUT2D eigenvalue weighted by molar-refractivity contribution is 7.92. The van der Waals surface area contributed by atoms with Gasteiger partial charge in [0.15, 0.2) is 0 Å². The van der Waals surface area contributed by atoms with Gasteiger partial charge in [-0.1, -0.05) is 19.9 Å². The number of benzene rings is 2. The molecule has 0 heterocycles. The molecule has 0 radical (unpaired) electrons. The molecule has 0 unspecified atom stereocenters. The Balaban J connectivity index is 2.37. The van der Waals surface area contributed by atoms with E-state index in [2.05, 4.69) is 10.0 Å². The number of sulfonamides is 2. The van der Waals surface area contributed by atoms with Gasteiger partial charge in [0, 0.05) is 30.0 Å². The smallest absolute Gasteiger partial charge is 0.255 e. The van der Waals surface area contributed by atoms with Crippen LogP contribution in [0.3, 0.4) is 0 Å². The van der Waals surface area contributed by atoms with Gasteiger partial charge in [-0.05, 0) is 50.2 Å². The van der Waals surface area contributed by atoms with Crippen LogP contribution >= 0.6 is 0 Å². The van der Waals surface area contributed by atoms with Gasteiger partial charge in [0.25, 0.3) is 5.91 Å². The largest absolute Gasteiger partial charge is 0.492 e. The summed E-state index contributed by atoms with van der Waals surface area (Å²) in [7, 11) is -7.31. The predicted molar refractivity (Wildman–Crippen MR) is 125 cm³/mol. The molecule has 2 aromatic rings. The van der Waals surface area contributed by atoms with Gasteiger partial charge in [0.1, 0.15) is 10.6 Å². The minimum Gasteiger partial charge on any atom is -0.492 e. The van der Waals surface area contributed by atoms with Crippen LogP contribution in [0.1, 0.15) is 38.1 Å². The van der Waals surface area contributed by atoms with E-state index in [0.29, 0.717) is 13.1 Å². The van der Waals surface area contributed by atoms with Gasteiger partial charge in [-0.25, -0.2) is 16.8 Å². The van der Waals surface area contributed by atoms with Gasteiger partial charge in [-0.3, -0.25) is 9.52 Å². The molecular formula is C21H29N3O6S2. The average Bonchev–Trinajstić information content (AvgIpc) is 2.75. The number of ether oxygens (including phenoxy) is 1. The Hall–Kier alpha value is -2.63. The summed E-state index contributed by atoms with van der Waals surface area (Å²) >= 11 is 0. The Kier molecular flexibility index (Phi) is 8.65. The zero-order chi connectivity index (χ0) is 23.9. The van der Waals surface area contributed by atoms with Crippen LogP contribution in [-0.2, 0) is 20.0 Å². The van der Waals surface area contributed by atoms with Crippen LogP contribution in [0.25, 0.3) is 0 Å². The molecule has 0 aliphatic carbocycles. The highest BCUT2D eigenvalue weighted by atomic mass is 32.2. The highest BCUT2D eigenvalue weighted by Crippen LogP contribution is 2.30. The summed E-state index contributed by atoms with van der Waals surface area (Å²) in [5, 5.41) is 2.66. The quantitative estimate of drug-likeness (QED) is 0.506. The SMILES string of the molecule is CCOc1ccc(NC(=O)c2cccc(NS(=O)(=O)CC)c2)cc1S(=O)(=O)N(CC)CC. The maximum Gasteiger partial charge on any atom is 0.255 e. The lowest BCUT2D eigenvalue weighted by Crippen LogP contribution is -2.31. The number of anilines is 2. The third-order valence-corrected chi connectivity index (χ3v) is 7.98. The molecule has 0 bridgehead atoms. The average molecular weight is 484 g/mol. The Labute approximate surface area is 189 Å². The van der Waals surface area contributed by atoms with E-state index in [1.165, 1.54) is 41.6 Å². The van der Waals surface area contributed by atoms with Crippen LogP contribution in [0.5, 0.6) is 5.75 Å². The molecule has 0 spiro atoms. The van der Waals surface area contributed by atoms with Crippen molar-refractivity contribution in [3.8, 4) is 5.75 Å². The number of hydrogen-bond acceptors (Lipinski definition) is 6. The van der Waals surface area contributed by atoms with Gasteiger partial charge >= 0.3 is 0 Å². The summed E-state index contributed by atoms with van der Waals surface area (Å²) in [5.41, 5.74) is 0.739. The van der Waals surface area contributed by atoms with Gasteiger partial charge in [-0.15, -0.1) is 0 Å². The second kappa shape index (κ2) is 10.8. The van der Waals surface area contributed by atoms with Crippen LogP contribution in [0.2, 0.25) is 0 Å². The van der Waals surface area contributed by atoms with Crippen molar-refractivity contribution in [1.29, 1.82) is 0 Å². The van der Waals surface area contributed by atoms with E-state index in [-0.39, 0.29) is 39.9 Å². The standard InChI is InChI=1S/C21H29N3O6S2/c1-5-24(6-2)32(28,29)20-15-17(12-13-19(20)30-7-3)22-21(25)16-10-9-11-18(14-16)23-31(26,27)8-4/h9-15,23H,5-8H2,1-4H3,(H,22,25). The lowest BCUT2D eigenvalue weighted by molar-refractivity contribution is 0.102. The predicted octanol–water partition coefficient (Wildman–Crippen LogP) is 3.13. The highest BCUT2D eigenvalue weighted by Gasteiger charge is 2.26. The zero-order valence-electron chi connectivity index (χ0n) is 18.6. The van der Waals surface area contributed by atoms with E-state index in [1.54, 1.807) is 32.9 Å². The Bertz CT molecular complexity index is 1160. The molecule has 0 atom stereocenters. The van der Waals surface area contributed by atoms with E-state index < -0.39 is 26.0 Å². The Morgan fingerprint density at radius 3 is 2.22 bits per heavy atom. The molecule has 0 saturated heterocycles. The monoisotopic (exact) mass is 483 g/mol. The van der Waals surface area contributed by atoms with Crippen molar-refractivity contribution in [2.45, 2.75) is 32.6 Å². The molecule has 176 valence electrons. The van der Waals surface area contributed by atoms with Crippen LogP contribution in [-0.4, -0.2) is 52.5 Å². The van der Waals surface area contributed by atoms with Crippen LogP contribution < -0.4 is 14.8 Å². The van der Waals surface area contributed by atoms with Crippen molar-refractivity contribution in [2.75, 3.05) is 35.5 Å². The first kappa shape index (κ1) is 25.6. The van der Waals surface area contributed by atoms with Crippen molar-refractivity contribution >= 4 is 37.3 Å². The first-order chi connectivity index (χ1) is 15.1. The fraction of sp³-hybridized carbons (Fsp3) is 0.381. The number of carbonyl (C=O) groups excluding carboxylic acids is 1. The number of hydrogen-bond donors (Lipinski definition) is 2. The van der Waals surface area contributed by atoms with Crippen molar-refractivity contribution in [3.63, 3.8) is 0 Å². The third-order valence-electron chi connectivity index (χ3n) is 4.60. The minimum atomic E-state index is -3.83. The zero-order valence-corrected chi connectivity index (χ0v) is 20.2. The molecule has 1 amide bonds. The molecule has 0 aliphatic rings.